The molecule has 0 heterocycles. The summed E-state index contributed by atoms with van der Waals surface area (Å²) in [4.78, 5) is 25.6. The first kappa shape index (κ1) is 15.7. The second-order valence-corrected chi connectivity index (χ2v) is 5.73. The number of methoxy groups -OCH3 is 2. The predicted octanol–water partition coefficient (Wildman–Crippen LogP) is 1.89. The van der Waals surface area contributed by atoms with Crippen LogP contribution in [0.15, 0.2) is 36.4 Å². The van der Waals surface area contributed by atoms with Gasteiger partial charge in [0.2, 0.25) is 0 Å². The number of esters is 2. The van der Waals surface area contributed by atoms with E-state index in [2.05, 4.69) is 0 Å². The Morgan fingerprint density at radius 3 is 2.39 bits per heavy atom. The summed E-state index contributed by atoms with van der Waals surface area (Å²) >= 11 is 0. The standard InChI is InChI=1S/C18H20O5/c1-4-23-14-10-7-11-17(15(19)21-2)12-8-5-6-9-13(12)18(14,17)16(20)22-3/h5-9,11,14H,4,10H2,1-3H3/t14-,17-,18-/m0/s1. The zero-order valence-corrected chi connectivity index (χ0v) is 13.5. The van der Waals surface area contributed by atoms with Crippen LogP contribution < -0.4 is 0 Å². The highest BCUT2D eigenvalue weighted by Gasteiger charge is 2.75. The molecule has 5 heteroatoms. The van der Waals surface area contributed by atoms with Gasteiger partial charge in [-0.25, -0.2) is 0 Å². The molecular formula is C18H20O5. The molecule has 122 valence electrons. The lowest BCUT2D eigenvalue weighted by atomic mass is 9.42. The molecule has 0 spiro atoms. The van der Waals surface area contributed by atoms with E-state index in [1.165, 1.54) is 14.2 Å². The van der Waals surface area contributed by atoms with Gasteiger partial charge in [0.05, 0.1) is 20.3 Å². The van der Waals surface area contributed by atoms with Crippen molar-refractivity contribution in [1.82, 2.24) is 0 Å². The number of hydrogen-bond acceptors (Lipinski definition) is 5. The zero-order chi connectivity index (χ0) is 16.7. The topological polar surface area (TPSA) is 61.8 Å². The van der Waals surface area contributed by atoms with Crippen molar-refractivity contribution in [2.24, 2.45) is 0 Å². The molecule has 0 N–H and O–H groups in total. The molecule has 2 aliphatic carbocycles. The van der Waals surface area contributed by atoms with Crippen LogP contribution in [-0.2, 0) is 34.6 Å². The van der Waals surface area contributed by atoms with Crippen molar-refractivity contribution < 1.29 is 23.8 Å². The van der Waals surface area contributed by atoms with E-state index in [1.807, 2.05) is 37.3 Å². The number of carbonyl (C=O) groups excluding carboxylic acids is 2. The fraction of sp³-hybridized carbons (Fsp3) is 0.444. The van der Waals surface area contributed by atoms with Gasteiger partial charge in [-0.2, -0.15) is 0 Å². The van der Waals surface area contributed by atoms with Crippen LogP contribution in [0.3, 0.4) is 0 Å². The molecule has 0 radical (unpaired) electrons. The van der Waals surface area contributed by atoms with Gasteiger partial charge < -0.3 is 14.2 Å². The lowest BCUT2D eigenvalue weighted by Gasteiger charge is -2.59. The van der Waals surface area contributed by atoms with E-state index >= 15 is 0 Å². The maximum Gasteiger partial charge on any atom is 0.321 e. The average molecular weight is 316 g/mol. The fourth-order valence-corrected chi connectivity index (χ4v) is 4.18. The second kappa shape index (κ2) is 5.49. The van der Waals surface area contributed by atoms with Crippen LogP contribution in [0.25, 0.3) is 0 Å². The average Bonchev–Trinajstić information content (AvgIpc) is 2.58. The highest BCUT2D eigenvalue weighted by Crippen LogP contribution is 2.63. The van der Waals surface area contributed by atoms with E-state index in [0.29, 0.717) is 13.0 Å². The second-order valence-electron chi connectivity index (χ2n) is 5.73. The van der Waals surface area contributed by atoms with Crippen LogP contribution in [0.5, 0.6) is 0 Å². The SMILES string of the molecule is CCO[C@H]1CC=C[C@@]2(C(=O)OC)c3ccccc3[C@@]12C(=O)OC. The maximum atomic E-state index is 12.9. The summed E-state index contributed by atoms with van der Waals surface area (Å²) in [6.45, 7) is 2.31. The highest BCUT2D eigenvalue weighted by atomic mass is 16.5. The monoisotopic (exact) mass is 316 g/mol. The minimum absolute atomic E-state index is 0.441. The lowest BCUT2D eigenvalue weighted by Crippen LogP contribution is -2.72. The van der Waals surface area contributed by atoms with Gasteiger partial charge in [0.25, 0.3) is 0 Å². The van der Waals surface area contributed by atoms with E-state index in [9.17, 15) is 9.59 Å². The van der Waals surface area contributed by atoms with Crippen LogP contribution in [0.2, 0.25) is 0 Å². The number of rotatable bonds is 4. The molecule has 0 aromatic heterocycles. The Hall–Kier alpha value is -2.14. The Kier molecular flexibility index (Phi) is 3.76. The van der Waals surface area contributed by atoms with E-state index < -0.39 is 28.9 Å². The number of fused-ring (bicyclic) bond motifs is 4. The largest absolute Gasteiger partial charge is 0.468 e. The number of carbonyl (C=O) groups is 2. The van der Waals surface area contributed by atoms with Gasteiger partial charge in [-0.3, -0.25) is 9.59 Å². The summed E-state index contributed by atoms with van der Waals surface area (Å²) in [5.41, 5.74) is -0.836. The van der Waals surface area contributed by atoms with Gasteiger partial charge in [-0.05, 0) is 24.5 Å². The van der Waals surface area contributed by atoms with Gasteiger partial charge in [0, 0.05) is 6.61 Å². The summed E-state index contributed by atoms with van der Waals surface area (Å²) in [6.07, 6.45) is 3.72. The van der Waals surface area contributed by atoms with Crippen molar-refractivity contribution in [3.63, 3.8) is 0 Å². The molecule has 2 aliphatic rings. The molecule has 0 saturated heterocycles. The fourth-order valence-electron chi connectivity index (χ4n) is 4.18. The third-order valence-electron chi connectivity index (χ3n) is 4.98. The van der Waals surface area contributed by atoms with Crippen molar-refractivity contribution in [3.05, 3.63) is 47.5 Å². The van der Waals surface area contributed by atoms with Crippen molar-refractivity contribution >= 4 is 11.9 Å². The van der Waals surface area contributed by atoms with Gasteiger partial charge in [-0.1, -0.05) is 36.4 Å². The number of benzene rings is 1. The molecule has 3 atom stereocenters. The Morgan fingerprint density at radius 1 is 1.13 bits per heavy atom. The van der Waals surface area contributed by atoms with Gasteiger partial charge >= 0.3 is 11.9 Å². The molecule has 0 bridgehead atoms. The third-order valence-corrected chi connectivity index (χ3v) is 4.98. The van der Waals surface area contributed by atoms with E-state index in [-0.39, 0.29) is 0 Å². The Labute approximate surface area is 135 Å². The molecule has 0 fully saturated rings. The van der Waals surface area contributed by atoms with Crippen molar-refractivity contribution in [1.29, 1.82) is 0 Å². The molecule has 0 amide bonds. The highest BCUT2D eigenvalue weighted by molar-refractivity contribution is 6.05. The van der Waals surface area contributed by atoms with Gasteiger partial charge in [0.1, 0.15) is 10.8 Å². The molecule has 23 heavy (non-hydrogen) atoms. The van der Waals surface area contributed by atoms with Crippen LogP contribution in [-0.4, -0.2) is 38.9 Å². The third kappa shape index (κ3) is 1.66. The zero-order valence-electron chi connectivity index (χ0n) is 13.5. The van der Waals surface area contributed by atoms with Crippen LogP contribution in [0.4, 0.5) is 0 Å². The van der Waals surface area contributed by atoms with E-state index in [1.54, 1.807) is 6.08 Å². The lowest BCUT2D eigenvalue weighted by molar-refractivity contribution is -0.174. The first-order chi connectivity index (χ1) is 11.1. The summed E-state index contributed by atoms with van der Waals surface area (Å²) in [6, 6.07) is 7.42. The van der Waals surface area contributed by atoms with E-state index in [4.69, 9.17) is 14.2 Å². The van der Waals surface area contributed by atoms with Crippen molar-refractivity contribution in [3.8, 4) is 0 Å². The molecule has 0 saturated carbocycles. The summed E-state index contributed by atoms with van der Waals surface area (Å²) in [7, 11) is 2.67. The van der Waals surface area contributed by atoms with Crippen LogP contribution >= 0.6 is 0 Å². The van der Waals surface area contributed by atoms with E-state index in [0.717, 1.165) is 11.1 Å². The minimum atomic E-state index is -1.20. The van der Waals surface area contributed by atoms with Gasteiger partial charge in [0.15, 0.2) is 0 Å². The summed E-state index contributed by atoms with van der Waals surface area (Å²) < 4.78 is 16.0. The molecule has 1 aromatic carbocycles. The Balaban J connectivity index is 2.33. The Morgan fingerprint density at radius 2 is 1.78 bits per heavy atom. The quantitative estimate of drug-likeness (QED) is 0.627. The molecule has 1 aromatic rings. The smallest absolute Gasteiger partial charge is 0.321 e. The predicted molar refractivity (Wildman–Crippen MR) is 83.0 cm³/mol. The first-order valence-corrected chi connectivity index (χ1v) is 7.67. The summed E-state index contributed by atoms with van der Waals surface area (Å²) in [5.74, 6) is -0.938. The first-order valence-electron chi connectivity index (χ1n) is 7.67. The molecule has 5 nitrogen and oxygen atoms in total. The minimum Gasteiger partial charge on any atom is -0.468 e. The maximum absolute atomic E-state index is 12.9. The van der Waals surface area contributed by atoms with Crippen LogP contribution in [0, 0.1) is 0 Å². The molecule has 3 rings (SSSR count). The molecular weight excluding hydrogens is 296 g/mol. The number of ether oxygens (including phenoxy) is 3. The Bertz CT molecular complexity index is 680. The van der Waals surface area contributed by atoms with Crippen LogP contribution in [0.1, 0.15) is 24.5 Å². The molecule has 0 unspecified atom stereocenters. The normalized spacial score (nSPS) is 30.7. The summed E-state index contributed by atoms with van der Waals surface area (Å²) in [5, 5.41) is 0. The van der Waals surface area contributed by atoms with Crippen molar-refractivity contribution in [2.75, 3.05) is 20.8 Å². The number of hydrogen-bond donors (Lipinski definition) is 0. The van der Waals surface area contributed by atoms with Gasteiger partial charge in [-0.15, -0.1) is 0 Å². The van der Waals surface area contributed by atoms with Crippen molar-refractivity contribution in [2.45, 2.75) is 30.3 Å². The molecule has 0 aliphatic heterocycles.